The van der Waals surface area contributed by atoms with Gasteiger partial charge in [-0.2, -0.15) is 0 Å². The second kappa shape index (κ2) is 9.79. The molecular formula is C19H39N5O7. The fourth-order valence-electron chi connectivity index (χ4n) is 4.41. The molecule has 3 aliphatic rings. The number of hydrogen-bond donors (Lipinski definition) is 8. The Balaban J connectivity index is 1.68. The quantitative estimate of drug-likeness (QED) is 0.202. The van der Waals surface area contributed by atoms with Gasteiger partial charge in [0.1, 0.15) is 30.0 Å². The number of aliphatic hydroxyl groups is 3. The Morgan fingerprint density at radius 1 is 0.935 bits per heavy atom. The van der Waals surface area contributed by atoms with Crippen LogP contribution >= 0.6 is 0 Å². The van der Waals surface area contributed by atoms with E-state index in [0.717, 1.165) is 6.42 Å². The van der Waals surface area contributed by atoms with Crippen LogP contribution in [0.5, 0.6) is 0 Å². The van der Waals surface area contributed by atoms with Crippen LogP contribution in [0.4, 0.5) is 0 Å². The van der Waals surface area contributed by atoms with Crippen molar-refractivity contribution in [1.29, 1.82) is 0 Å². The number of aliphatic hydroxyl groups excluding tert-OH is 2. The maximum Gasteiger partial charge on any atom is 0.185 e. The van der Waals surface area contributed by atoms with Crippen molar-refractivity contribution in [2.24, 2.45) is 28.7 Å². The van der Waals surface area contributed by atoms with Gasteiger partial charge in [-0.05, 0) is 33.1 Å². The van der Waals surface area contributed by atoms with Crippen molar-refractivity contribution in [3.63, 3.8) is 0 Å². The average molecular weight is 450 g/mol. The molecule has 1 saturated carbocycles. The SMILES string of the molecule is C[C@H](N)[C@@H]1CC[C@@H](N)[C@@H](O[C@H]2[C@@H](O)[C@@H](O[C@H]3OC[C@](C)(O)[C@H](N)[C@@H]3O)[C@H](N)C[C@@H]2N)O1. The molecule has 0 aromatic rings. The molecule has 0 radical (unpaired) electrons. The summed E-state index contributed by atoms with van der Waals surface area (Å²) in [5.41, 5.74) is 29.0. The van der Waals surface area contributed by atoms with Gasteiger partial charge in [-0.25, -0.2) is 0 Å². The summed E-state index contributed by atoms with van der Waals surface area (Å²) in [7, 11) is 0. The molecule has 12 heteroatoms. The number of rotatable bonds is 5. The van der Waals surface area contributed by atoms with Gasteiger partial charge in [0.25, 0.3) is 0 Å². The fourth-order valence-corrected chi connectivity index (χ4v) is 4.41. The molecule has 182 valence electrons. The zero-order valence-electron chi connectivity index (χ0n) is 18.1. The lowest BCUT2D eigenvalue weighted by Crippen LogP contribution is -2.68. The van der Waals surface area contributed by atoms with Crippen molar-refractivity contribution in [3.05, 3.63) is 0 Å². The van der Waals surface area contributed by atoms with Gasteiger partial charge in [0.05, 0.1) is 24.8 Å². The van der Waals surface area contributed by atoms with Gasteiger partial charge in [0.2, 0.25) is 0 Å². The van der Waals surface area contributed by atoms with E-state index in [0.29, 0.717) is 6.42 Å². The van der Waals surface area contributed by atoms with Gasteiger partial charge in [0.15, 0.2) is 12.6 Å². The largest absolute Gasteiger partial charge is 0.388 e. The van der Waals surface area contributed by atoms with E-state index >= 15 is 0 Å². The first-order valence-corrected chi connectivity index (χ1v) is 10.9. The van der Waals surface area contributed by atoms with Gasteiger partial charge in [-0.3, -0.25) is 0 Å². The third-order valence-corrected chi connectivity index (χ3v) is 6.58. The molecule has 2 aliphatic heterocycles. The second-order valence-corrected chi connectivity index (χ2v) is 9.45. The van der Waals surface area contributed by atoms with Crippen LogP contribution in [0.2, 0.25) is 0 Å². The minimum atomic E-state index is -1.41. The van der Waals surface area contributed by atoms with Gasteiger partial charge < -0.3 is 62.9 Å². The molecule has 13 atom stereocenters. The summed E-state index contributed by atoms with van der Waals surface area (Å²) in [5.74, 6) is 0. The molecule has 3 rings (SSSR count). The van der Waals surface area contributed by atoms with Crippen LogP contribution in [-0.4, -0.2) is 101 Å². The topological polar surface area (TPSA) is 228 Å². The van der Waals surface area contributed by atoms with E-state index in [1.807, 2.05) is 6.92 Å². The van der Waals surface area contributed by atoms with Gasteiger partial charge >= 0.3 is 0 Å². The lowest BCUT2D eigenvalue weighted by molar-refractivity contribution is -0.305. The minimum Gasteiger partial charge on any atom is -0.388 e. The fraction of sp³-hybridized carbons (Fsp3) is 1.00. The Morgan fingerprint density at radius 3 is 2.10 bits per heavy atom. The lowest BCUT2D eigenvalue weighted by Gasteiger charge is -2.48. The summed E-state index contributed by atoms with van der Waals surface area (Å²) in [4.78, 5) is 0. The monoisotopic (exact) mass is 449 g/mol. The highest BCUT2D eigenvalue weighted by atomic mass is 16.7. The van der Waals surface area contributed by atoms with Crippen LogP contribution in [0.1, 0.15) is 33.1 Å². The van der Waals surface area contributed by atoms with Crippen molar-refractivity contribution >= 4 is 0 Å². The highest BCUT2D eigenvalue weighted by Crippen LogP contribution is 2.31. The predicted molar refractivity (Wildman–Crippen MR) is 110 cm³/mol. The first-order valence-electron chi connectivity index (χ1n) is 10.9. The van der Waals surface area contributed by atoms with E-state index < -0.39 is 66.8 Å². The molecule has 1 aliphatic carbocycles. The van der Waals surface area contributed by atoms with Crippen LogP contribution in [0.3, 0.4) is 0 Å². The highest BCUT2D eigenvalue weighted by Gasteiger charge is 2.50. The summed E-state index contributed by atoms with van der Waals surface area (Å²) in [6.45, 7) is 3.17. The van der Waals surface area contributed by atoms with Crippen LogP contribution in [-0.2, 0) is 18.9 Å². The molecule has 0 bridgehead atoms. The summed E-state index contributed by atoms with van der Waals surface area (Å²) < 4.78 is 23.2. The van der Waals surface area contributed by atoms with Crippen molar-refractivity contribution in [3.8, 4) is 0 Å². The van der Waals surface area contributed by atoms with Crippen molar-refractivity contribution < 1.29 is 34.3 Å². The van der Waals surface area contributed by atoms with Crippen LogP contribution < -0.4 is 28.7 Å². The summed E-state index contributed by atoms with van der Waals surface area (Å²) in [6.07, 6.45) is -4.89. The maximum absolute atomic E-state index is 11.0. The Kier molecular flexibility index (Phi) is 7.94. The zero-order valence-corrected chi connectivity index (χ0v) is 18.1. The van der Waals surface area contributed by atoms with Crippen molar-refractivity contribution in [1.82, 2.24) is 0 Å². The molecule has 0 unspecified atom stereocenters. The lowest BCUT2D eigenvalue weighted by atomic mass is 9.84. The minimum absolute atomic E-state index is 0.142. The molecule has 12 nitrogen and oxygen atoms in total. The third-order valence-electron chi connectivity index (χ3n) is 6.58. The third kappa shape index (κ3) is 5.37. The molecule has 31 heavy (non-hydrogen) atoms. The van der Waals surface area contributed by atoms with E-state index in [9.17, 15) is 15.3 Å². The Bertz CT molecular complexity index is 584. The van der Waals surface area contributed by atoms with E-state index in [1.54, 1.807) is 0 Å². The van der Waals surface area contributed by atoms with Crippen LogP contribution in [0, 0.1) is 0 Å². The molecule has 13 N–H and O–H groups in total. The van der Waals surface area contributed by atoms with E-state index in [1.165, 1.54) is 6.92 Å². The van der Waals surface area contributed by atoms with Gasteiger partial charge in [-0.15, -0.1) is 0 Å². The van der Waals surface area contributed by atoms with Crippen LogP contribution in [0.25, 0.3) is 0 Å². The Hall–Kier alpha value is -0.480. The zero-order chi connectivity index (χ0) is 23.1. The van der Waals surface area contributed by atoms with E-state index in [2.05, 4.69) is 0 Å². The first kappa shape index (κ1) is 25.1. The van der Waals surface area contributed by atoms with Crippen molar-refractivity contribution in [2.45, 2.75) is 112 Å². The van der Waals surface area contributed by atoms with Crippen molar-refractivity contribution in [2.75, 3.05) is 6.61 Å². The molecular weight excluding hydrogens is 410 g/mol. The first-order chi connectivity index (χ1) is 14.4. The standard InChI is InChI=1S/C19H39N5O7/c1-7(20)11-4-3-8(21)17(29-11)30-14-9(22)5-10(23)15(12(14)25)31-18-13(26)16(24)19(2,27)6-28-18/h7-18,25-27H,3-6,20-24H2,1-2H3/t7-,8+,9-,10+,11-,12+,13-,14+,15-,16+,17+,18+,19-/m0/s1. The highest BCUT2D eigenvalue weighted by molar-refractivity contribution is 5.01. The van der Waals surface area contributed by atoms with E-state index in [4.69, 9.17) is 47.6 Å². The number of hydrogen-bond acceptors (Lipinski definition) is 12. The normalized spacial score (nSPS) is 52.6. The van der Waals surface area contributed by atoms with Gasteiger partial charge in [0, 0.05) is 18.1 Å². The molecule has 2 saturated heterocycles. The Morgan fingerprint density at radius 2 is 1.52 bits per heavy atom. The Labute approximate surface area is 182 Å². The summed E-state index contributed by atoms with van der Waals surface area (Å²) >= 11 is 0. The number of ether oxygens (including phenoxy) is 4. The average Bonchev–Trinajstić information content (AvgIpc) is 2.69. The summed E-state index contributed by atoms with van der Waals surface area (Å²) in [6, 6.07) is -2.82. The van der Waals surface area contributed by atoms with Gasteiger partial charge in [-0.1, -0.05) is 0 Å². The summed E-state index contributed by atoms with van der Waals surface area (Å²) in [5, 5.41) is 31.6. The molecule has 2 heterocycles. The van der Waals surface area contributed by atoms with Crippen LogP contribution in [0.15, 0.2) is 0 Å². The smallest absolute Gasteiger partial charge is 0.185 e. The molecule has 0 aromatic carbocycles. The second-order valence-electron chi connectivity index (χ2n) is 9.45. The predicted octanol–water partition coefficient (Wildman–Crippen LogP) is -3.85. The maximum atomic E-state index is 11.0. The molecule has 3 fully saturated rings. The number of nitrogens with two attached hydrogens (primary N) is 5. The molecule has 0 amide bonds. The molecule has 0 aromatic heterocycles. The molecule has 0 spiro atoms. The van der Waals surface area contributed by atoms with E-state index in [-0.39, 0.29) is 25.2 Å².